The molecule has 0 spiro atoms. The van der Waals surface area contributed by atoms with Gasteiger partial charge in [0, 0.05) is 30.7 Å². The van der Waals surface area contributed by atoms with Crippen LogP contribution in [0, 0.1) is 6.92 Å². The maximum Gasteiger partial charge on any atom is 0.243 e. The smallest absolute Gasteiger partial charge is 0.243 e. The molecule has 8 heteroatoms. The Balaban J connectivity index is 2.55. The summed E-state index contributed by atoms with van der Waals surface area (Å²) in [6, 6.07) is 5.89. The molecule has 3 N–H and O–H groups in total. The lowest BCUT2D eigenvalue weighted by molar-refractivity contribution is -0.123. The number of hydrogen-bond acceptors (Lipinski definition) is 4. The van der Waals surface area contributed by atoms with Gasteiger partial charge in [-0.05, 0) is 13.0 Å². The van der Waals surface area contributed by atoms with Crippen LogP contribution in [0.25, 0.3) is 10.9 Å². The summed E-state index contributed by atoms with van der Waals surface area (Å²) in [5.74, 6) is -0.594. The Morgan fingerprint density at radius 2 is 2.00 bits per heavy atom. The fourth-order valence-corrected chi connectivity index (χ4v) is 4.08. The van der Waals surface area contributed by atoms with Crippen LogP contribution in [0.5, 0.6) is 0 Å². The third kappa shape index (κ3) is 2.72. The Morgan fingerprint density at radius 1 is 1.36 bits per heavy atom. The number of likely N-dealkylation sites (N-methyl/N-ethyl adjacent to an activating group) is 1. The van der Waals surface area contributed by atoms with Crippen LogP contribution in [0.4, 0.5) is 0 Å². The molecule has 0 radical (unpaired) electrons. The van der Waals surface area contributed by atoms with Crippen LogP contribution in [0.15, 0.2) is 29.2 Å². The van der Waals surface area contributed by atoms with Gasteiger partial charge in [0.15, 0.2) is 0 Å². The number of aliphatic hydroxyl groups is 1. The van der Waals surface area contributed by atoms with Crippen LogP contribution >= 0.6 is 0 Å². The summed E-state index contributed by atoms with van der Waals surface area (Å²) in [6.45, 7) is 1.07. The van der Waals surface area contributed by atoms with Crippen molar-refractivity contribution in [2.24, 2.45) is 7.05 Å². The van der Waals surface area contributed by atoms with E-state index in [1.807, 2.05) is 12.1 Å². The second kappa shape index (κ2) is 6.07. The van der Waals surface area contributed by atoms with E-state index in [1.54, 1.807) is 30.7 Å². The quantitative estimate of drug-likeness (QED) is 0.713. The highest BCUT2D eigenvalue weighted by atomic mass is 32.2. The molecule has 1 atom stereocenters. The number of nitrogens with one attached hydrogen (secondary N) is 2. The molecule has 0 fully saturated rings. The minimum absolute atomic E-state index is 0.118. The summed E-state index contributed by atoms with van der Waals surface area (Å²) < 4.78 is 29.3. The van der Waals surface area contributed by atoms with Gasteiger partial charge >= 0.3 is 0 Å². The van der Waals surface area contributed by atoms with Crippen molar-refractivity contribution < 1.29 is 18.3 Å². The van der Waals surface area contributed by atoms with Crippen molar-refractivity contribution in [3.05, 3.63) is 30.0 Å². The zero-order chi connectivity index (χ0) is 16.5. The van der Waals surface area contributed by atoms with Crippen LogP contribution < -0.4 is 10.0 Å². The summed E-state index contributed by atoms with van der Waals surface area (Å²) in [5.41, 5.74) is 1.34. The SMILES string of the molecule is CNC(=O)C(CO)NS(=O)(=O)c1c(C)n(C)c2ccccc12. The van der Waals surface area contributed by atoms with Gasteiger partial charge in [0.05, 0.1) is 6.61 Å². The number of aryl methyl sites for hydroxylation is 1. The number of aliphatic hydroxyl groups excluding tert-OH is 1. The number of para-hydroxylation sites is 1. The zero-order valence-electron chi connectivity index (χ0n) is 12.6. The van der Waals surface area contributed by atoms with Gasteiger partial charge in [-0.2, -0.15) is 4.72 Å². The van der Waals surface area contributed by atoms with Crippen LogP contribution in [0.2, 0.25) is 0 Å². The lowest BCUT2D eigenvalue weighted by Crippen LogP contribution is -2.47. The van der Waals surface area contributed by atoms with Gasteiger partial charge in [0.25, 0.3) is 0 Å². The molecule has 2 aromatic rings. The van der Waals surface area contributed by atoms with Gasteiger partial charge in [-0.3, -0.25) is 4.79 Å². The number of carbonyl (C=O) groups is 1. The van der Waals surface area contributed by atoms with Crippen LogP contribution in [0.1, 0.15) is 5.69 Å². The monoisotopic (exact) mass is 325 g/mol. The molecular weight excluding hydrogens is 306 g/mol. The van der Waals surface area contributed by atoms with E-state index in [-0.39, 0.29) is 4.90 Å². The van der Waals surface area contributed by atoms with Crippen molar-refractivity contribution in [3.63, 3.8) is 0 Å². The van der Waals surface area contributed by atoms with E-state index in [9.17, 15) is 18.3 Å². The lowest BCUT2D eigenvalue weighted by Gasteiger charge is -2.15. The van der Waals surface area contributed by atoms with Crippen LogP contribution in [-0.4, -0.2) is 43.7 Å². The van der Waals surface area contributed by atoms with Crippen molar-refractivity contribution in [1.29, 1.82) is 0 Å². The normalized spacial score (nSPS) is 13.3. The van der Waals surface area contributed by atoms with Gasteiger partial charge in [0.2, 0.25) is 15.9 Å². The minimum Gasteiger partial charge on any atom is -0.394 e. The first-order chi connectivity index (χ1) is 10.3. The predicted octanol–water partition coefficient (Wildman–Crippen LogP) is -0.128. The van der Waals surface area contributed by atoms with E-state index < -0.39 is 28.6 Å². The number of aromatic nitrogens is 1. The third-order valence-electron chi connectivity index (χ3n) is 3.65. The highest BCUT2D eigenvalue weighted by molar-refractivity contribution is 7.89. The number of fused-ring (bicyclic) bond motifs is 1. The molecule has 0 saturated heterocycles. The molecule has 22 heavy (non-hydrogen) atoms. The molecule has 1 aromatic carbocycles. The van der Waals surface area contributed by atoms with Gasteiger partial charge in [-0.1, -0.05) is 18.2 Å². The molecule has 0 aliphatic carbocycles. The summed E-state index contributed by atoms with van der Waals surface area (Å²) in [7, 11) is -0.801. The number of hydrogen-bond donors (Lipinski definition) is 3. The number of amides is 1. The Bertz CT molecular complexity index is 811. The molecular formula is C14H19N3O4S. The standard InChI is InChI=1S/C14H19N3O4S/c1-9-13(10-6-4-5-7-12(10)17(9)3)22(20,21)16-11(8-18)14(19)15-2/h4-7,11,16,18H,8H2,1-3H3,(H,15,19). The first-order valence-corrected chi connectivity index (χ1v) is 8.20. The van der Waals surface area contributed by atoms with E-state index >= 15 is 0 Å². The Kier molecular flexibility index (Phi) is 4.55. The second-order valence-electron chi connectivity index (χ2n) is 4.96. The van der Waals surface area contributed by atoms with Crippen molar-refractivity contribution in [3.8, 4) is 0 Å². The highest BCUT2D eigenvalue weighted by Crippen LogP contribution is 2.28. The molecule has 2 rings (SSSR count). The molecule has 120 valence electrons. The Hall–Kier alpha value is -1.90. The maximum absolute atomic E-state index is 12.7. The molecule has 1 heterocycles. The van der Waals surface area contributed by atoms with Crippen LogP contribution in [0.3, 0.4) is 0 Å². The van der Waals surface area contributed by atoms with Gasteiger partial charge in [-0.15, -0.1) is 0 Å². The van der Waals surface area contributed by atoms with E-state index in [1.165, 1.54) is 7.05 Å². The molecule has 1 aromatic heterocycles. The topological polar surface area (TPSA) is 100 Å². The minimum atomic E-state index is -3.95. The average Bonchev–Trinajstić information content (AvgIpc) is 2.76. The van der Waals surface area contributed by atoms with E-state index in [0.29, 0.717) is 11.1 Å². The first-order valence-electron chi connectivity index (χ1n) is 6.72. The molecule has 0 aliphatic heterocycles. The van der Waals surface area contributed by atoms with Crippen molar-refractivity contribution >= 4 is 26.8 Å². The van der Waals surface area contributed by atoms with Crippen molar-refractivity contribution in [1.82, 2.24) is 14.6 Å². The number of carbonyl (C=O) groups excluding carboxylic acids is 1. The first kappa shape index (κ1) is 16.5. The van der Waals surface area contributed by atoms with Crippen molar-refractivity contribution in [2.75, 3.05) is 13.7 Å². The number of rotatable bonds is 5. The van der Waals surface area contributed by atoms with Gasteiger partial charge in [0.1, 0.15) is 10.9 Å². The zero-order valence-corrected chi connectivity index (χ0v) is 13.4. The fraction of sp³-hybridized carbons (Fsp3) is 0.357. The Labute approximate surface area is 129 Å². The molecule has 7 nitrogen and oxygen atoms in total. The number of nitrogens with zero attached hydrogens (tertiary/aromatic N) is 1. The Morgan fingerprint density at radius 3 is 2.59 bits per heavy atom. The molecule has 1 unspecified atom stereocenters. The maximum atomic E-state index is 12.7. The summed E-state index contributed by atoms with van der Waals surface area (Å²) >= 11 is 0. The summed E-state index contributed by atoms with van der Waals surface area (Å²) in [5, 5.41) is 12.1. The van der Waals surface area contributed by atoms with Crippen molar-refractivity contribution in [2.45, 2.75) is 17.9 Å². The van der Waals surface area contributed by atoms with Gasteiger partial charge in [-0.25, -0.2) is 8.42 Å². The third-order valence-corrected chi connectivity index (χ3v) is 5.30. The fourth-order valence-electron chi connectivity index (χ4n) is 2.42. The predicted molar refractivity (Wildman–Crippen MR) is 82.9 cm³/mol. The summed E-state index contributed by atoms with van der Waals surface area (Å²) in [4.78, 5) is 11.7. The average molecular weight is 325 g/mol. The lowest BCUT2D eigenvalue weighted by atomic mass is 10.2. The molecule has 0 bridgehead atoms. The summed E-state index contributed by atoms with van der Waals surface area (Å²) in [6.07, 6.45) is 0. The number of benzene rings is 1. The number of sulfonamides is 1. The van der Waals surface area contributed by atoms with Gasteiger partial charge < -0.3 is 15.0 Å². The van der Waals surface area contributed by atoms with Crippen LogP contribution in [-0.2, 0) is 21.9 Å². The van der Waals surface area contributed by atoms with E-state index in [2.05, 4.69) is 10.0 Å². The van der Waals surface area contributed by atoms with E-state index in [4.69, 9.17) is 0 Å². The molecule has 1 amide bonds. The largest absolute Gasteiger partial charge is 0.394 e. The molecule has 0 saturated carbocycles. The molecule has 0 aliphatic rings. The highest BCUT2D eigenvalue weighted by Gasteiger charge is 2.29. The van der Waals surface area contributed by atoms with E-state index in [0.717, 1.165) is 5.52 Å². The second-order valence-corrected chi connectivity index (χ2v) is 6.61.